The molecular weight excluding hydrogens is 1020 g/mol. The van der Waals surface area contributed by atoms with E-state index in [1.165, 1.54) is 42.6 Å². The number of para-hydroxylation sites is 4. The average Bonchev–Trinajstić information content (AvgIpc) is 1.48. The van der Waals surface area contributed by atoms with Crippen LogP contribution in [0.2, 0.25) is 0 Å². The topological polar surface area (TPSA) is 45.9 Å². The number of hydrogen-bond donors (Lipinski definition) is 0. The highest BCUT2D eigenvalue weighted by Crippen LogP contribution is 2.45. The number of fused-ring (bicyclic) bond motifs is 12. The molecule has 0 amide bonds. The first-order valence-electron chi connectivity index (χ1n) is 28.0. The van der Waals surface area contributed by atoms with Crippen LogP contribution in [0.4, 0.5) is 34.1 Å². The lowest BCUT2D eigenvalue weighted by atomic mass is 9.98. The number of furan rings is 3. The van der Waals surface area contributed by atoms with Gasteiger partial charge < -0.3 is 23.1 Å². The summed E-state index contributed by atoms with van der Waals surface area (Å²) in [5.74, 6) is 0. The lowest BCUT2D eigenvalue weighted by Crippen LogP contribution is -2.77. The highest BCUT2D eigenvalue weighted by atomic mass is 28.3. The number of nitrogens with zero attached hydrogens (tertiary/aromatic N) is 2. The molecule has 3 aromatic heterocycles. The fourth-order valence-corrected chi connectivity index (χ4v) is 18.5. The maximum atomic E-state index is 7.33. The van der Waals surface area contributed by atoms with Crippen LogP contribution in [0.15, 0.2) is 304 Å². The normalized spacial score (nSPS) is 13.0. The molecule has 16 aromatic rings. The van der Waals surface area contributed by atoms with Crippen LogP contribution in [-0.2, 0) is 0 Å². The Kier molecular flexibility index (Phi) is 10.3. The van der Waals surface area contributed by atoms with Gasteiger partial charge in [-0.15, -0.1) is 0 Å². The maximum absolute atomic E-state index is 7.33. The Morgan fingerprint density at radius 2 is 0.768 bits per heavy atom. The van der Waals surface area contributed by atoms with Gasteiger partial charge in [-0.25, -0.2) is 0 Å². The molecule has 6 heteroatoms. The number of anilines is 6. The van der Waals surface area contributed by atoms with Crippen molar-refractivity contribution in [1.82, 2.24) is 0 Å². The SMILES string of the molecule is c1ccc(-c2ccc(N(c3ccc(-c4cccc5ccccc45)cc3)c3ccc4c(c3)oc3cc5c(cc34)N(c3ccccc3)c3ccccc3[Si]5(c3ccc4c(c3)oc3ccccc34)c3ccc4c(c3)oc3ccccc34)cc2)cc1. The van der Waals surface area contributed by atoms with Crippen molar-refractivity contribution in [3.05, 3.63) is 291 Å². The second-order valence-electron chi connectivity index (χ2n) is 21.5. The third kappa shape index (κ3) is 7.05. The zero-order valence-corrected chi connectivity index (χ0v) is 45.3. The fourth-order valence-electron chi connectivity index (χ4n) is 13.4. The summed E-state index contributed by atoms with van der Waals surface area (Å²) in [6, 6.07) is 106. The molecule has 17 rings (SSSR count). The van der Waals surface area contributed by atoms with E-state index in [2.05, 4.69) is 289 Å². The van der Waals surface area contributed by atoms with Gasteiger partial charge >= 0.3 is 0 Å². The minimum atomic E-state index is -3.37. The van der Waals surface area contributed by atoms with Crippen molar-refractivity contribution >= 4 is 140 Å². The quantitative estimate of drug-likeness (QED) is 0.142. The van der Waals surface area contributed by atoms with E-state index in [0.29, 0.717) is 0 Å². The summed E-state index contributed by atoms with van der Waals surface area (Å²) in [6.45, 7) is 0. The molecule has 0 bridgehead atoms. The van der Waals surface area contributed by atoms with Crippen LogP contribution in [0.3, 0.4) is 0 Å². The van der Waals surface area contributed by atoms with Crippen LogP contribution in [-0.4, -0.2) is 8.07 Å². The molecule has 0 N–H and O–H groups in total. The molecule has 4 heterocycles. The Balaban J connectivity index is 0.896. The van der Waals surface area contributed by atoms with Gasteiger partial charge in [0, 0.05) is 72.5 Å². The van der Waals surface area contributed by atoms with Gasteiger partial charge in [-0.05, 0) is 145 Å². The monoisotopic (exact) mass is 1060 g/mol. The first-order valence-corrected chi connectivity index (χ1v) is 30.0. The van der Waals surface area contributed by atoms with E-state index in [4.69, 9.17) is 13.3 Å². The van der Waals surface area contributed by atoms with E-state index in [1.54, 1.807) is 0 Å². The summed E-state index contributed by atoms with van der Waals surface area (Å²) in [6.07, 6.45) is 0. The Morgan fingerprint density at radius 1 is 0.280 bits per heavy atom. The van der Waals surface area contributed by atoms with E-state index < -0.39 is 8.07 Å². The summed E-state index contributed by atoms with van der Waals surface area (Å²) in [5, 5.41) is 13.8. The van der Waals surface area contributed by atoms with Crippen molar-refractivity contribution in [3.63, 3.8) is 0 Å². The molecule has 0 unspecified atom stereocenters. The molecule has 1 aliphatic heterocycles. The zero-order chi connectivity index (χ0) is 53.9. The molecule has 0 fully saturated rings. The molecule has 5 nitrogen and oxygen atoms in total. The molecule has 82 heavy (non-hydrogen) atoms. The second kappa shape index (κ2) is 18.2. The molecule has 0 saturated carbocycles. The maximum Gasteiger partial charge on any atom is 0.184 e. The number of hydrogen-bond acceptors (Lipinski definition) is 5. The molecule has 0 atom stereocenters. The van der Waals surface area contributed by atoms with Crippen molar-refractivity contribution in [2.75, 3.05) is 9.80 Å². The second-order valence-corrected chi connectivity index (χ2v) is 25.3. The predicted molar refractivity (Wildman–Crippen MR) is 343 cm³/mol. The summed E-state index contributed by atoms with van der Waals surface area (Å²) in [5.41, 5.74) is 16.2. The van der Waals surface area contributed by atoms with Crippen LogP contribution >= 0.6 is 0 Å². The van der Waals surface area contributed by atoms with Gasteiger partial charge in [-0.3, -0.25) is 0 Å². The minimum absolute atomic E-state index is 0.802. The summed E-state index contributed by atoms with van der Waals surface area (Å²) >= 11 is 0. The van der Waals surface area contributed by atoms with Crippen LogP contribution in [0.25, 0.3) is 98.8 Å². The fraction of sp³-hybridized carbons (Fsp3) is 0. The van der Waals surface area contributed by atoms with Crippen molar-refractivity contribution < 1.29 is 13.3 Å². The van der Waals surface area contributed by atoms with Gasteiger partial charge in [0.25, 0.3) is 0 Å². The Labute approximate surface area is 473 Å². The zero-order valence-electron chi connectivity index (χ0n) is 44.3. The van der Waals surface area contributed by atoms with Gasteiger partial charge in [0.15, 0.2) is 8.07 Å². The Bertz CT molecular complexity index is 5060. The van der Waals surface area contributed by atoms with Crippen molar-refractivity contribution in [2.24, 2.45) is 0 Å². The average molecular weight is 1070 g/mol. The highest BCUT2D eigenvalue weighted by molar-refractivity contribution is 7.21. The van der Waals surface area contributed by atoms with E-state index in [-0.39, 0.29) is 0 Å². The van der Waals surface area contributed by atoms with Crippen LogP contribution in [0.5, 0.6) is 0 Å². The van der Waals surface area contributed by atoms with Gasteiger partial charge in [0.2, 0.25) is 0 Å². The Hall–Kier alpha value is -10.7. The smallest absolute Gasteiger partial charge is 0.184 e. The molecule has 0 aliphatic carbocycles. The van der Waals surface area contributed by atoms with Crippen molar-refractivity contribution in [2.45, 2.75) is 0 Å². The summed E-state index contributed by atoms with van der Waals surface area (Å²) < 4.78 is 20.9. The molecule has 0 saturated heterocycles. The van der Waals surface area contributed by atoms with Crippen LogP contribution < -0.4 is 30.5 Å². The highest BCUT2D eigenvalue weighted by Gasteiger charge is 2.50. The van der Waals surface area contributed by atoms with Crippen LogP contribution in [0.1, 0.15) is 0 Å². The van der Waals surface area contributed by atoms with Gasteiger partial charge in [-0.2, -0.15) is 0 Å². The van der Waals surface area contributed by atoms with Gasteiger partial charge in [0.1, 0.15) is 33.5 Å². The molecule has 0 radical (unpaired) electrons. The summed E-state index contributed by atoms with van der Waals surface area (Å²) in [4.78, 5) is 4.80. The largest absolute Gasteiger partial charge is 0.456 e. The molecule has 384 valence electrons. The predicted octanol–water partition coefficient (Wildman–Crippen LogP) is 18.5. The van der Waals surface area contributed by atoms with E-state index in [9.17, 15) is 0 Å². The van der Waals surface area contributed by atoms with E-state index >= 15 is 0 Å². The van der Waals surface area contributed by atoms with Crippen molar-refractivity contribution in [3.8, 4) is 22.3 Å². The lowest BCUT2D eigenvalue weighted by molar-refractivity contribution is 0.669. The lowest BCUT2D eigenvalue weighted by Gasteiger charge is -2.45. The molecule has 0 spiro atoms. The Morgan fingerprint density at radius 3 is 1.46 bits per heavy atom. The van der Waals surface area contributed by atoms with Crippen molar-refractivity contribution in [1.29, 1.82) is 0 Å². The molecule has 1 aliphatic rings. The number of rotatable bonds is 8. The number of benzene rings is 13. The molecule has 13 aromatic carbocycles. The standard InChI is InChI=1S/C76H48N2O3Si/c1-3-16-49(17-4-1)50-30-34-54(35-31-50)77(55-36-32-52(33-37-55)60-25-15-19-51-18-7-8-22-59(51)60)56-38-41-65-66-47-68-76(48-74(66)81-71(65)44-56)82(57-39-42-63-61-23-9-12-27-69(61)79-72(63)45-57,58-40-43-64-62-24-10-13-28-70(62)80-73(64)46-58)75-29-14-11-26-67(75)78(68)53-20-5-2-6-21-53/h1-48H. The first-order chi connectivity index (χ1) is 40.6. The van der Waals surface area contributed by atoms with Crippen LogP contribution in [0, 0.1) is 0 Å². The first kappa shape index (κ1) is 46.3. The van der Waals surface area contributed by atoms with Gasteiger partial charge in [-0.1, -0.05) is 194 Å². The third-order valence-corrected chi connectivity index (χ3v) is 21.9. The third-order valence-electron chi connectivity index (χ3n) is 17.1. The summed E-state index contributed by atoms with van der Waals surface area (Å²) in [7, 11) is -3.37. The van der Waals surface area contributed by atoms with Gasteiger partial charge in [0.05, 0.1) is 0 Å². The van der Waals surface area contributed by atoms with E-state index in [1.807, 2.05) is 12.1 Å². The van der Waals surface area contributed by atoms with E-state index in [0.717, 1.165) is 111 Å². The minimum Gasteiger partial charge on any atom is -0.456 e. The molecular formula is C76H48N2O3Si.